The van der Waals surface area contributed by atoms with Crippen molar-refractivity contribution in [3.8, 4) is 5.75 Å². The molecule has 54 heavy (non-hydrogen) atoms. The van der Waals surface area contributed by atoms with E-state index in [0.717, 1.165) is 16.0 Å². The van der Waals surface area contributed by atoms with E-state index in [-0.39, 0.29) is 30.2 Å². The number of carbonyl (C=O) groups excluding carboxylic acids is 4. The zero-order valence-corrected chi connectivity index (χ0v) is 34.9. The number of allylic oxidation sites excluding steroid dienone is 3. The van der Waals surface area contributed by atoms with E-state index in [9.17, 15) is 29.1 Å². The Morgan fingerprint density at radius 2 is 1.87 bits per heavy atom. The number of fused-ring (bicyclic) bond motifs is 5. The molecule has 300 valence electrons. The maximum atomic E-state index is 14.2. The lowest BCUT2D eigenvalue weighted by molar-refractivity contribution is -0.201. The van der Waals surface area contributed by atoms with E-state index in [0.29, 0.717) is 23.9 Å². The van der Waals surface area contributed by atoms with Gasteiger partial charge in [0.1, 0.15) is 40.7 Å². The van der Waals surface area contributed by atoms with E-state index < -0.39 is 74.0 Å². The van der Waals surface area contributed by atoms with Gasteiger partial charge in [-0.2, -0.15) is 0 Å². The highest BCUT2D eigenvalue weighted by molar-refractivity contribution is 6.69. The number of rotatable bonds is 8. The number of nitrogens with zero attached hydrogens (tertiary/aromatic N) is 3. The number of amides is 3. The molecule has 14 nitrogen and oxygen atoms in total. The Kier molecular flexibility index (Phi) is 13.4. The summed E-state index contributed by atoms with van der Waals surface area (Å²) in [5.41, 5.74) is -0.918. The molecule has 2 N–H and O–H groups in total. The average Bonchev–Trinajstić information content (AvgIpc) is 3.81. The number of ether oxygens (including phenoxy) is 5. The smallest absolute Gasteiger partial charge is 0.412 e. The minimum absolute atomic E-state index is 0.0361. The van der Waals surface area contributed by atoms with Crippen molar-refractivity contribution >= 4 is 49.5 Å². The second kappa shape index (κ2) is 16.7. The summed E-state index contributed by atoms with van der Waals surface area (Å²) in [6.45, 7) is 10.4. The van der Waals surface area contributed by atoms with E-state index >= 15 is 0 Å². The summed E-state index contributed by atoms with van der Waals surface area (Å²) >= 11 is 6.76. The van der Waals surface area contributed by atoms with Crippen molar-refractivity contribution in [2.75, 3.05) is 40.3 Å². The fourth-order valence-electron chi connectivity index (χ4n) is 7.01. The molecule has 2 fully saturated rings. The van der Waals surface area contributed by atoms with Crippen molar-refractivity contribution in [1.29, 1.82) is 0 Å². The van der Waals surface area contributed by atoms with Crippen LogP contribution in [0.5, 0.6) is 5.75 Å². The first-order chi connectivity index (χ1) is 25.1. The van der Waals surface area contributed by atoms with E-state index in [4.69, 9.17) is 35.3 Å². The van der Waals surface area contributed by atoms with Gasteiger partial charge in [-0.15, -0.1) is 0 Å². The molecule has 1 aromatic carbocycles. The highest BCUT2D eigenvalue weighted by atomic mass is 35.5. The summed E-state index contributed by atoms with van der Waals surface area (Å²) in [6, 6.07) is 2.88. The number of hydrogen-bond acceptors (Lipinski definition) is 11. The molecule has 4 bridgehead atoms. The van der Waals surface area contributed by atoms with Crippen LogP contribution in [0.25, 0.3) is 0 Å². The minimum Gasteiger partial charge on any atom is -0.495 e. The average molecular weight is 794 g/mol. The number of carbonyl (C=O) groups is 4. The van der Waals surface area contributed by atoms with Crippen LogP contribution in [0.4, 0.5) is 10.5 Å². The highest BCUT2D eigenvalue weighted by Gasteiger charge is 2.65. The largest absolute Gasteiger partial charge is 0.495 e. The van der Waals surface area contributed by atoms with Crippen LogP contribution in [0, 0.1) is 5.92 Å². The second-order valence-corrected chi connectivity index (χ2v) is 20.1. The van der Waals surface area contributed by atoms with Gasteiger partial charge in [0.25, 0.3) is 0 Å². The van der Waals surface area contributed by atoms with Crippen LogP contribution in [-0.4, -0.2) is 129 Å². The number of aliphatic hydroxyl groups is 1. The molecule has 0 unspecified atom stereocenters. The Balaban J connectivity index is 1.76. The Morgan fingerprint density at radius 1 is 1.20 bits per heavy atom. The lowest BCUT2D eigenvalue weighted by atomic mass is 9.83. The van der Waals surface area contributed by atoms with Crippen LogP contribution in [0.1, 0.15) is 52.5 Å². The maximum absolute atomic E-state index is 14.2. The van der Waals surface area contributed by atoms with Crippen molar-refractivity contribution in [2.45, 2.75) is 114 Å². The SMILES string of the molecule is COc1cc2cc(c1Cl)N(C)C(=O)C[C@H](OC(=O)[C@H](C)N(C)C(=O)CC[Si](C)(C)O)[C@@]1(C)O[C@H]1[C@H](C)[C@@H]1C[C@](O)([C@H](OC)/C=C/C=C(\C)C2)N(C)C(=O)O1. The molecule has 0 radical (unpaired) electrons. The van der Waals surface area contributed by atoms with Crippen molar-refractivity contribution in [3.63, 3.8) is 0 Å². The fourth-order valence-corrected chi connectivity index (χ4v) is 8.15. The molecule has 4 rings (SSSR count). The lowest BCUT2D eigenvalue weighted by Crippen LogP contribution is -2.64. The zero-order chi connectivity index (χ0) is 40.5. The van der Waals surface area contributed by atoms with Gasteiger partial charge in [-0.1, -0.05) is 42.3 Å². The standard InChI is InChI=1S/C38H56ClN3O11Si/c1-22-13-12-14-29(50-9)38(47)21-28(51-36(46)42(38)7)23(2)34-37(4,53-34)30(52-35(45)24(3)40(5)31(43)15-16-54(10,11)48)20-32(44)41(6)26-18-25(17-22)19-27(49-8)33(26)39/h12-14,18-19,23-24,28-30,34,47-48H,15-17,20-21H2,1-11H3/b14-12+,22-13+/t23-,24+,28+,29-,30+,34+,37-,38+/m1/s1. The van der Waals surface area contributed by atoms with Crippen LogP contribution >= 0.6 is 11.6 Å². The fraction of sp³-hybridized carbons (Fsp3) is 0.632. The number of benzene rings is 1. The molecule has 2 saturated heterocycles. The molecule has 1 aromatic rings. The van der Waals surface area contributed by atoms with E-state index in [2.05, 4.69) is 0 Å². The number of anilines is 1. The normalized spacial score (nSPS) is 31.4. The van der Waals surface area contributed by atoms with Gasteiger partial charge in [-0.3, -0.25) is 14.5 Å². The Labute approximate surface area is 324 Å². The summed E-state index contributed by atoms with van der Waals surface area (Å²) in [7, 11) is 4.92. The van der Waals surface area contributed by atoms with Gasteiger partial charge in [-0.05, 0) is 64.0 Å². The second-order valence-electron chi connectivity index (χ2n) is 15.6. The summed E-state index contributed by atoms with van der Waals surface area (Å²) in [5.74, 6) is -1.71. The van der Waals surface area contributed by atoms with Crippen molar-refractivity contribution < 1.29 is 52.8 Å². The first kappa shape index (κ1) is 43.3. The summed E-state index contributed by atoms with van der Waals surface area (Å²) < 4.78 is 29.5. The molecule has 3 aliphatic heterocycles. The number of hydrogen-bond donors (Lipinski definition) is 2. The molecule has 3 aliphatic rings. The van der Waals surface area contributed by atoms with Gasteiger partial charge >= 0.3 is 12.1 Å². The Bertz CT molecular complexity index is 1670. The van der Waals surface area contributed by atoms with Crippen molar-refractivity contribution in [2.24, 2.45) is 5.92 Å². The number of epoxide rings is 1. The number of halogens is 1. The van der Waals surface area contributed by atoms with E-state index in [1.807, 2.05) is 13.0 Å². The van der Waals surface area contributed by atoms with E-state index in [1.54, 1.807) is 58.3 Å². The maximum Gasteiger partial charge on any atom is 0.412 e. The quantitative estimate of drug-likeness (QED) is 0.217. The van der Waals surface area contributed by atoms with Crippen molar-refractivity contribution in [3.05, 3.63) is 46.5 Å². The number of likely N-dealkylation sites (N-methyl/N-ethyl adjacent to an activating group) is 2. The molecule has 16 heteroatoms. The minimum atomic E-state index is -2.51. The molecule has 3 amide bonds. The Hall–Kier alpha value is -3.47. The molecule has 0 saturated carbocycles. The first-order valence-electron chi connectivity index (χ1n) is 18.1. The van der Waals surface area contributed by atoms with Crippen LogP contribution in [-0.2, 0) is 39.8 Å². The van der Waals surface area contributed by atoms with Crippen LogP contribution in [0.2, 0.25) is 24.2 Å². The predicted molar refractivity (Wildman–Crippen MR) is 205 cm³/mol. The third-order valence-electron chi connectivity index (χ3n) is 11.0. The highest BCUT2D eigenvalue weighted by Crippen LogP contribution is 2.50. The molecule has 8 atom stereocenters. The molecule has 0 aromatic heterocycles. The first-order valence-corrected chi connectivity index (χ1v) is 21.6. The van der Waals surface area contributed by atoms with Gasteiger partial charge in [-0.25, -0.2) is 9.59 Å². The zero-order valence-electron chi connectivity index (χ0n) is 33.2. The predicted octanol–water partition coefficient (Wildman–Crippen LogP) is 4.44. The van der Waals surface area contributed by atoms with Gasteiger partial charge in [0, 0.05) is 47.0 Å². The monoisotopic (exact) mass is 793 g/mol. The van der Waals surface area contributed by atoms with Crippen molar-refractivity contribution in [1.82, 2.24) is 9.80 Å². The summed E-state index contributed by atoms with van der Waals surface area (Å²) in [6.07, 6.45) is 1.08. The van der Waals surface area contributed by atoms with Crippen LogP contribution < -0.4 is 9.64 Å². The van der Waals surface area contributed by atoms with Gasteiger partial charge in [0.15, 0.2) is 14.0 Å². The third kappa shape index (κ3) is 9.31. The lowest BCUT2D eigenvalue weighted by Gasteiger charge is -2.47. The Morgan fingerprint density at radius 3 is 2.48 bits per heavy atom. The van der Waals surface area contributed by atoms with Crippen LogP contribution in [0.3, 0.4) is 0 Å². The van der Waals surface area contributed by atoms with Gasteiger partial charge in [0.2, 0.25) is 11.8 Å². The van der Waals surface area contributed by atoms with Crippen LogP contribution in [0.15, 0.2) is 35.9 Å². The van der Waals surface area contributed by atoms with Gasteiger partial charge in [0.05, 0.1) is 25.3 Å². The molecular formula is C38H56ClN3O11Si. The molecule has 0 spiro atoms. The third-order valence-corrected chi connectivity index (χ3v) is 12.8. The molecule has 0 aliphatic carbocycles. The van der Waals surface area contributed by atoms with E-state index in [1.165, 1.54) is 45.0 Å². The summed E-state index contributed by atoms with van der Waals surface area (Å²) in [5, 5.41) is 12.2. The number of esters is 1. The molecule has 3 heterocycles. The number of methoxy groups -OCH3 is 2. The topological polar surface area (TPSA) is 168 Å². The molecular weight excluding hydrogens is 738 g/mol. The van der Waals surface area contributed by atoms with Gasteiger partial charge < -0.3 is 43.4 Å². The summed E-state index contributed by atoms with van der Waals surface area (Å²) in [4.78, 5) is 68.1.